The molecule has 0 radical (unpaired) electrons. The minimum atomic E-state index is 0.161. The Kier molecular flexibility index (Phi) is 3.53. The van der Waals surface area contributed by atoms with Crippen molar-refractivity contribution in [2.75, 3.05) is 7.11 Å². The zero-order valence-electron chi connectivity index (χ0n) is 11.2. The lowest BCUT2D eigenvalue weighted by molar-refractivity contribution is 0.255. The van der Waals surface area contributed by atoms with Crippen molar-refractivity contribution in [1.82, 2.24) is 0 Å². The zero-order valence-corrected chi connectivity index (χ0v) is 12.8. The quantitative estimate of drug-likeness (QED) is 0.778. The molecule has 2 nitrogen and oxygen atoms in total. The number of fused-ring (bicyclic) bond motifs is 1. The van der Waals surface area contributed by atoms with Crippen molar-refractivity contribution in [2.45, 2.75) is 19.4 Å². The molecule has 0 amide bonds. The van der Waals surface area contributed by atoms with Crippen LogP contribution in [0, 0.1) is 0 Å². The van der Waals surface area contributed by atoms with Gasteiger partial charge < -0.3 is 9.47 Å². The van der Waals surface area contributed by atoms with E-state index in [1.165, 1.54) is 0 Å². The summed E-state index contributed by atoms with van der Waals surface area (Å²) in [5, 5.41) is 1.07. The Morgan fingerprint density at radius 1 is 1.20 bits per heavy atom. The molecule has 1 aliphatic rings. The number of hydrogen-bond acceptors (Lipinski definition) is 2. The predicted molar refractivity (Wildman–Crippen MR) is 82.2 cm³/mol. The molecule has 20 heavy (non-hydrogen) atoms. The lowest BCUT2D eigenvalue weighted by Gasteiger charge is -2.13. The van der Waals surface area contributed by atoms with Crippen molar-refractivity contribution in [2.24, 2.45) is 0 Å². The van der Waals surface area contributed by atoms with Crippen LogP contribution in [0.15, 0.2) is 30.3 Å². The van der Waals surface area contributed by atoms with Crippen LogP contribution in [0.3, 0.4) is 0 Å². The molecule has 0 aliphatic carbocycles. The topological polar surface area (TPSA) is 18.5 Å². The van der Waals surface area contributed by atoms with Crippen LogP contribution in [0.25, 0.3) is 11.1 Å². The van der Waals surface area contributed by atoms with E-state index in [0.717, 1.165) is 34.6 Å². The van der Waals surface area contributed by atoms with E-state index in [1.807, 2.05) is 24.3 Å². The minimum absolute atomic E-state index is 0.161. The summed E-state index contributed by atoms with van der Waals surface area (Å²) < 4.78 is 11.3. The standard InChI is InChI=1S/C16H14Cl2O2/c1-9-6-10-7-11(19-2)8-13(16(10)20-9)12-4-3-5-14(17)15(12)18/h3-5,7-9H,6H2,1-2H3. The molecule has 0 aromatic heterocycles. The third-order valence-electron chi connectivity index (χ3n) is 3.44. The summed E-state index contributed by atoms with van der Waals surface area (Å²) in [4.78, 5) is 0. The fourth-order valence-corrected chi connectivity index (χ4v) is 2.94. The summed E-state index contributed by atoms with van der Waals surface area (Å²) >= 11 is 12.4. The predicted octanol–water partition coefficient (Wildman–Crippen LogP) is 4.99. The maximum absolute atomic E-state index is 6.33. The van der Waals surface area contributed by atoms with Gasteiger partial charge in [0.2, 0.25) is 0 Å². The minimum Gasteiger partial charge on any atom is -0.497 e. The first-order chi connectivity index (χ1) is 9.60. The van der Waals surface area contributed by atoms with E-state index < -0.39 is 0 Å². The fraction of sp³-hybridized carbons (Fsp3) is 0.250. The van der Waals surface area contributed by atoms with Crippen molar-refractivity contribution >= 4 is 23.2 Å². The normalized spacial score (nSPS) is 16.7. The monoisotopic (exact) mass is 308 g/mol. The largest absolute Gasteiger partial charge is 0.497 e. The SMILES string of the molecule is COc1cc2c(c(-c3cccc(Cl)c3Cl)c1)OC(C)C2. The summed E-state index contributed by atoms with van der Waals surface area (Å²) in [7, 11) is 1.66. The highest BCUT2D eigenvalue weighted by atomic mass is 35.5. The maximum Gasteiger partial charge on any atom is 0.131 e. The van der Waals surface area contributed by atoms with Gasteiger partial charge in [-0.15, -0.1) is 0 Å². The van der Waals surface area contributed by atoms with Crippen LogP contribution in [-0.2, 0) is 6.42 Å². The molecule has 3 rings (SSSR count). The Hall–Kier alpha value is -1.38. The third-order valence-corrected chi connectivity index (χ3v) is 4.26. The number of hydrogen-bond donors (Lipinski definition) is 0. The van der Waals surface area contributed by atoms with E-state index in [2.05, 4.69) is 6.92 Å². The van der Waals surface area contributed by atoms with Gasteiger partial charge in [-0.2, -0.15) is 0 Å². The molecule has 1 atom stereocenters. The summed E-state index contributed by atoms with van der Waals surface area (Å²) in [6, 6.07) is 9.55. The molecule has 1 heterocycles. The van der Waals surface area contributed by atoms with Crippen LogP contribution >= 0.6 is 23.2 Å². The molecule has 2 aromatic carbocycles. The van der Waals surface area contributed by atoms with Crippen molar-refractivity contribution in [3.63, 3.8) is 0 Å². The second-order valence-electron chi connectivity index (χ2n) is 4.90. The average Bonchev–Trinajstić information content (AvgIpc) is 2.81. The molecule has 0 spiro atoms. The first kappa shape index (κ1) is 13.6. The van der Waals surface area contributed by atoms with E-state index >= 15 is 0 Å². The van der Waals surface area contributed by atoms with Crippen LogP contribution in [-0.4, -0.2) is 13.2 Å². The molecule has 0 fully saturated rings. The molecule has 1 aliphatic heterocycles. The smallest absolute Gasteiger partial charge is 0.131 e. The number of methoxy groups -OCH3 is 1. The van der Waals surface area contributed by atoms with Gasteiger partial charge in [-0.3, -0.25) is 0 Å². The lowest BCUT2D eigenvalue weighted by Crippen LogP contribution is -2.05. The Morgan fingerprint density at radius 3 is 2.75 bits per heavy atom. The highest BCUT2D eigenvalue weighted by Crippen LogP contribution is 2.45. The first-order valence-corrected chi connectivity index (χ1v) is 7.17. The lowest BCUT2D eigenvalue weighted by atomic mass is 10.00. The van der Waals surface area contributed by atoms with E-state index in [0.29, 0.717) is 10.0 Å². The molecule has 104 valence electrons. The van der Waals surface area contributed by atoms with E-state index in [9.17, 15) is 0 Å². The molecule has 0 bridgehead atoms. The van der Waals surface area contributed by atoms with Gasteiger partial charge in [0.25, 0.3) is 0 Å². The molecule has 1 unspecified atom stereocenters. The van der Waals surface area contributed by atoms with Gasteiger partial charge in [0.05, 0.1) is 17.2 Å². The van der Waals surface area contributed by atoms with Gasteiger partial charge in [-0.1, -0.05) is 35.3 Å². The summed E-state index contributed by atoms with van der Waals surface area (Å²) in [5.74, 6) is 1.68. The van der Waals surface area contributed by atoms with Gasteiger partial charge in [-0.25, -0.2) is 0 Å². The number of ether oxygens (including phenoxy) is 2. The molecule has 0 N–H and O–H groups in total. The zero-order chi connectivity index (χ0) is 14.3. The third kappa shape index (κ3) is 2.23. The van der Waals surface area contributed by atoms with Crippen LogP contribution in [0.5, 0.6) is 11.5 Å². The highest BCUT2D eigenvalue weighted by Gasteiger charge is 2.25. The summed E-state index contributed by atoms with van der Waals surface area (Å²) in [5.41, 5.74) is 2.93. The summed E-state index contributed by atoms with van der Waals surface area (Å²) in [6.07, 6.45) is 1.03. The Morgan fingerprint density at radius 2 is 2.00 bits per heavy atom. The van der Waals surface area contributed by atoms with Gasteiger partial charge in [-0.05, 0) is 25.1 Å². The van der Waals surface area contributed by atoms with Crippen molar-refractivity contribution in [1.29, 1.82) is 0 Å². The second-order valence-corrected chi connectivity index (χ2v) is 5.68. The second kappa shape index (κ2) is 5.19. The molecule has 0 saturated heterocycles. The van der Waals surface area contributed by atoms with Gasteiger partial charge >= 0.3 is 0 Å². The average molecular weight is 309 g/mol. The number of benzene rings is 2. The van der Waals surface area contributed by atoms with Crippen molar-refractivity contribution in [3.8, 4) is 22.6 Å². The Balaban J connectivity index is 2.23. The number of halogens is 2. The Bertz CT molecular complexity index is 668. The van der Waals surface area contributed by atoms with E-state index in [4.69, 9.17) is 32.7 Å². The van der Waals surface area contributed by atoms with Crippen molar-refractivity contribution in [3.05, 3.63) is 45.9 Å². The fourth-order valence-electron chi connectivity index (χ4n) is 2.53. The van der Waals surface area contributed by atoms with Gasteiger partial charge in [0, 0.05) is 23.1 Å². The van der Waals surface area contributed by atoms with Gasteiger partial charge in [0.15, 0.2) is 0 Å². The van der Waals surface area contributed by atoms with Crippen LogP contribution in [0.4, 0.5) is 0 Å². The van der Waals surface area contributed by atoms with Gasteiger partial charge in [0.1, 0.15) is 17.6 Å². The molecular weight excluding hydrogens is 295 g/mol. The first-order valence-electron chi connectivity index (χ1n) is 6.42. The molecule has 2 aromatic rings. The van der Waals surface area contributed by atoms with Crippen LogP contribution in [0.1, 0.15) is 12.5 Å². The molecular formula is C16H14Cl2O2. The molecule has 4 heteroatoms. The van der Waals surface area contributed by atoms with Crippen LogP contribution < -0.4 is 9.47 Å². The van der Waals surface area contributed by atoms with Crippen LogP contribution in [0.2, 0.25) is 10.0 Å². The Labute approximate surface area is 128 Å². The number of rotatable bonds is 2. The molecule has 0 saturated carbocycles. The van der Waals surface area contributed by atoms with Crippen molar-refractivity contribution < 1.29 is 9.47 Å². The maximum atomic E-state index is 6.33. The van der Waals surface area contributed by atoms with E-state index in [-0.39, 0.29) is 6.10 Å². The summed E-state index contributed by atoms with van der Waals surface area (Å²) in [6.45, 7) is 2.05. The highest BCUT2D eigenvalue weighted by molar-refractivity contribution is 6.43. The van der Waals surface area contributed by atoms with E-state index in [1.54, 1.807) is 13.2 Å².